The zero-order valence-electron chi connectivity index (χ0n) is 14.9. The standard InChI is InChI=1S/C20H19ClN4O2/c1-12-5-3-7-15(9-12)19(26)24-16-8-4-6-14(10-16)13(2)27-20-18(22)23-11-17(21)25-20/h3-11,13H,1-2H3,(H2,22,23)(H,24,26)/t13-/m1/s1. The molecule has 3 rings (SSSR count). The fourth-order valence-corrected chi connectivity index (χ4v) is 2.67. The summed E-state index contributed by atoms with van der Waals surface area (Å²) in [6, 6.07) is 14.8. The minimum atomic E-state index is -0.365. The summed E-state index contributed by atoms with van der Waals surface area (Å²) in [5.74, 6) is 0.161. The van der Waals surface area contributed by atoms with E-state index in [0.717, 1.165) is 11.1 Å². The van der Waals surface area contributed by atoms with Crippen molar-refractivity contribution in [3.63, 3.8) is 0 Å². The molecule has 0 aliphatic rings. The van der Waals surface area contributed by atoms with E-state index in [0.29, 0.717) is 11.3 Å². The summed E-state index contributed by atoms with van der Waals surface area (Å²) in [6.45, 7) is 3.80. The van der Waals surface area contributed by atoms with E-state index in [1.165, 1.54) is 6.20 Å². The summed E-state index contributed by atoms with van der Waals surface area (Å²) < 4.78 is 5.78. The zero-order chi connectivity index (χ0) is 19.4. The van der Waals surface area contributed by atoms with Crippen molar-refractivity contribution in [2.75, 3.05) is 11.1 Å². The third-order valence-electron chi connectivity index (χ3n) is 3.92. The van der Waals surface area contributed by atoms with Crippen molar-refractivity contribution in [3.8, 4) is 5.88 Å². The van der Waals surface area contributed by atoms with Crippen molar-refractivity contribution >= 4 is 29.0 Å². The number of halogens is 1. The van der Waals surface area contributed by atoms with Crippen molar-refractivity contribution in [2.24, 2.45) is 0 Å². The van der Waals surface area contributed by atoms with E-state index < -0.39 is 0 Å². The Morgan fingerprint density at radius 3 is 2.78 bits per heavy atom. The van der Waals surface area contributed by atoms with Crippen LogP contribution in [0.15, 0.2) is 54.7 Å². The summed E-state index contributed by atoms with van der Waals surface area (Å²) in [4.78, 5) is 20.4. The second-order valence-electron chi connectivity index (χ2n) is 6.09. The van der Waals surface area contributed by atoms with Gasteiger partial charge < -0.3 is 15.8 Å². The van der Waals surface area contributed by atoms with Gasteiger partial charge >= 0.3 is 0 Å². The van der Waals surface area contributed by atoms with Crippen molar-refractivity contribution in [1.29, 1.82) is 0 Å². The van der Waals surface area contributed by atoms with Gasteiger partial charge in [-0.2, -0.15) is 4.98 Å². The maximum atomic E-state index is 12.4. The third kappa shape index (κ3) is 4.74. The van der Waals surface area contributed by atoms with Crippen LogP contribution in [0.1, 0.15) is 34.5 Å². The molecule has 1 heterocycles. The number of carbonyl (C=O) groups is 1. The average Bonchev–Trinajstić information content (AvgIpc) is 2.65. The van der Waals surface area contributed by atoms with Crippen LogP contribution in [0.5, 0.6) is 5.88 Å². The number of rotatable bonds is 5. The first-order chi connectivity index (χ1) is 12.9. The number of amides is 1. The van der Waals surface area contributed by atoms with Crippen LogP contribution in [0.2, 0.25) is 5.15 Å². The van der Waals surface area contributed by atoms with Gasteiger partial charge in [-0.25, -0.2) is 4.98 Å². The fraction of sp³-hybridized carbons (Fsp3) is 0.150. The summed E-state index contributed by atoms with van der Waals surface area (Å²) in [5.41, 5.74) is 8.92. The first-order valence-electron chi connectivity index (χ1n) is 8.35. The lowest BCUT2D eigenvalue weighted by atomic mass is 10.1. The highest BCUT2D eigenvalue weighted by Crippen LogP contribution is 2.26. The highest BCUT2D eigenvalue weighted by atomic mass is 35.5. The van der Waals surface area contributed by atoms with Gasteiger partial charge in [0.2, 0.25) is 0 Å². The number of ether oxygens (including phenoxy) is 1. The minimum Gasteiger partial charge on any atom is -0.467 e. The first kappa shape index (κ1) is 18.7. The van der Waals surface area contributed by atoms with Crippen LogP contribution in [0.3, 0.4) is 0 Å². The van der Waals surface area contributed by atoms with E-state index >= 15 is 0 Å². The zero-order valence-corrected chi connectivity index (χ0v) is 15.7. The minimum absolute atomic E-state index is 0.162. The quantitative estimate of drug-likeness (QED) is 0.682. The van der Waals surface area contributed by atoms with Crippen molar-refractivity contribution in [1.82, 2.24) is 9.97 Å². The van der Waals surface area contributed by atoms with Gasteiger partial charge in [0.1, 0.15) is 6.10 Å². The largest absolute Gasteiger partial charge is 0.467 e. The molecular formula is C20H19ClN4O2. The molecule has 0 aliphatic carbocycles. The van der Waals surface area contributed by atoms with Crippen LogP contribution < -0.4 is 15.8 Å². The number of aromatic nitrogens is 2. The Labute approximate surface area is 162 Å². The molecule has 1 amide bonds. The molecule has 27 heavy (non-hydrogen) atoms. The second kappa shape index (κ2) is 8.05. The number of anilines is 2. The predicted octanol–water partition coefficient (Wildman–Crippen LogP) is 4.41. The van der Waals surface area contributed by atoms with Gasteiger partial charge in [-0.05, 0) is 43.7 Å². The van der Waals surface area contributed by atoms with Crippen LogP contribution in [0.4, 0.5) is 11.5 Å². The Morgan fingerprint density at radius 2 is 2.00 bits per heavy atom. The molecule has 3 aromatic rings. The highest BCUT2D eigenvalue weighted by molar-refractivity contribution is 6.29. The molecule has 1 aromatic heterocycles. The number of nitrogens with one attached hydrogen (secondary N) is 1. The third-order valence-corrected chi connectivity index (χ3v) is 4.10. The number of benzene rings is 2. The van der Waals surface area contributed by atoms with Gasteiger partial charge in [0.05, 0.1) is 6.20 Å². The van der Waals surface area contributed by atoms with Crippen molar-refractivity contribution < 1.29 is 9.53 Å². The van der Waals surface area contributed by atoms with E-state index in [4.69, 9.17) is 22.1 Å². The Bertz CT molecular complexity index is 978. The van der Waals surface area contributed by atoms with Crippen LogP contribution in [-0.4, -0.2) is 15.9 Å². The van der Waals surface area contributed by atoms with Crippen molar-refractivity contribution in [2.45, 2.75) is 20.0 Å². The molecule has 0 unspecified atom stereocenters. The molecule has 7 heteroatoms. The number of nitrogen functional groups attached to an aromatic ring is 1. The van der Waals surface area contributed by atoms with Crippen LogP contribution in [0, 0.1) is 6.92 Å². The molecule has 3 N–H and O–H groups in total. The SMILES string of the molecule is Cc1cccc(C(=O)Nc2cccc([C@@H](C)Oc3nc(Cl)cnc3N)c2)c1. The maximum absolute atomic E-state index is 12.4. The van der Waals surface area contributed by atoms with E-state index in [9.17, 15) is 4.79 Å². The molecule has 0 fully saturated rings. The molecule has 0 saturated carbocycles. The van der Waals surface area contributed by atoms with Crippen LogP contribution in [0.25, 0.3) is 0 Å². The maximum Gasteiger partial charge on any atom is 0.259 e. The monoisotopic (exact) mass is 382 g/mol. The Kier molecular flexibility index (Phi) is 5.57. The Hall–Kier alpha value is -3.12. The molecule has 0 radical (unpaired) electrons. The Morgan fingerprint density at radius 1 is 1.22 bits per heavy atom. The highest BCUT2D eigenvalue weighted by Gasteiger charge is 2.13. The lowest BCUT2D eigenvalue weighted by Crippen LogP contribution is -2.13. The first-order valence-corrected chi connectivity index (χ1v) is 8.73. The van der Waals surface area contributed by atoms with Gasteiger partial charge in [-0.1, -0.05) is 41.4 Å². The van der Waals surface area contributed by atoms with Gasteiger partial charge in [0.25, 0.3) is 11.8 Å². The average molecular weight is 383 g/mol. The topological polar surface area (TPSA) is 90.1 Å². The molecule has 0 bridgehead atoms. The number of nitrogens with zero attached hydrogens (tertiary/aromatic N) is 2. The number of carbonyl (C=O) groups excluding carboxylic acids is 1. The van der Waals surface area contributed by atoms with Gasteiger partial charge in [-0.3, -0.25) is 4.79 Å². The normalized spacial score (nSPS) is 11.7. The second-order valence-corrected chi connectivity index (χ2v) is 6.48. The lowest BCUT2D eigenvalue weighted by molar-refractivity contribution is 0.102. The molecule has 138 valence electrons. The summed E-state index contributed by atoms with van der Waals surface area (Å²) in [7, 11) is 0. The number of aryl methyl sites for hydroxylation is 1. The molecule has 6 nitrogen and oxygen atoms in total. The summed E-state index contributed by atoms with van der Waals surface area (Å²) in [6.07, 6.45) is 0.992. The van der Waals surface area contributed by atoms with E-state index in [1.807, 2.05) is 56.3 Å². The van der Waals surface area contributed by atoms with E-state index in [2.05, 4.69) is 15.3 Å². The predicted molar refractivity (Wildman–Crippen MR) is 106 cm³/mol. The van der Waals surface area contributed by atoms with Gasteiger partial charge in [-0.15, -0.1) is 0 Å². The Balaban J connectivity index is 1.74. The van der Waals surface area contributed by atoms with Gasteiger partial charge in [0, 0.05) is 11.3 Å². The molecule has 1 atom stereocenters. The summed E-state index contributed by atoms with van der Waals surface area (Å²) in [5, 5.41) is 3.10. The molecular weight excluding hydrogens is 364 g/mol. The summed E-state index contributed by atoms with van der Waals surface area (Å²) >= 11 is 5.84. The number of nitrogens with two attached hydrogens (primary N) is 1. The smallest absolute Gasteiger partial charge is 0.259 e. The van der Waals surface area contributed by atoms with Crippen LogP contribution >= 0.6 is 11.6 Å². The van der Waals surface area contributed by atoms with Gasteiger partial charge in [0.15, 0.2) is 11.0 Å². The molecule has 2 aromatic carbocycles. The van der Waals surface area contributed by atoms with Crippen molar-refractivity contribution in [3.05, 3.63) is 76.6 Å². The number of hydrogen-bond donors (Lipinski definition) is 2. The molecule has 0 aliphatic heterocycles. The molecule has 0 saturated heterocycles. The molecule has 0 spiro atoms. The van der Waals surface area contributed by atoms with Crippen LogP contribution in [-0.2, 0) is 0 Å². The van der Waals surface area contributed by atoms with E-state index in [-0.39, 0.29) is 28.9 Å². The number of hydrogen-bond acceptors (Lipinski definition) is 5. The fourth-order valence-electron chi connectivity index (χ4n) is 2.54. The van der Waals surface area contributed by atoms with E-state index in [1.54, 1.807) is 6.07 Å². The lowest BCUT2D eigenvalue weighted by Gasteiger charge is -2.16.